The zero-order valence-corrected chi connectivity index (χ0v) is 16.0. The molecule has 2 amide bonds. The number of nitrogens with zero attached hydrogens (tertiary/aromatic N) is 1. The normalized spacial score (nSPS) is 10.3. The lowest BCUT2D eigenvalue weighted by molar-refractivity contribution is -0.123. The molecule has 148 valence electrons. The van der Waals surface area contributed by atoms with Gasteiger partial charge < -0.3 is 15.0 Å². The largest absolute Gasteiger partial charge is 0.457 e. The standard InChI is InChI=1S/C23H21FN2O3/c1-17(27)26(16-23(28)25-15-18-7-9-19(24)10-8-18)20-11-13-22(14-12-20)29-21-5-3-2-4-6-21/h2-14H,15-16H2,1H3,(H,25,28). The van der Waals surface area contributed by atoms with E-state index in [1.807, 2.05) is 30.3 Å². The molecule has 0 saturated heterocycles. The van der Waals surface area contributed by atoms with Crippen LogP contribution in [0.1, 0.15) is 12.5 Å². The average Bonchev–Trinajstić information content (AvgIpc) is 2.73. The van der Waals surface area contributed by atoms with Crippen molar-refractivity contribution in [3.05, 3.63) is 90.2 Å². The van der Waals surface area contributed by atoms with Crippen LogP contribution in [-0.2, 0) is 16.1 Å². The number of para-hydroxylation sites is 1. The number of carbonyl (C=O) groups is 2. The Kier molecular flexibility index (Phi) is 6.58. The van der Waals surface area contributed by atoms with Gasteiger partial charge in [-0.3, -0.25) is 9.59 Å². The first-order chi connectivity index (χ1) is 14.0. The molecule has 6 heteroatoms. The van der Waals surface area contributed by atoms with Gasteiger partial charge in [-0.05, 0) is 54.1 Å². The van der Waals surface area contributed by atoms with Crippen LogP contribution < -0.4 is 15.0 Å². The van der Waals surface area contributed by atoms with Crippen LogP contribution in [0.5, 0.6) is 11.5 Å². The lowest BCUT2D eigenvalue weighted by Crippen LogP contribution is -2.39. The average molecular weight is 392 g/mol. The molecule has 0 heterocycles. The third-order valence-electron chi connectivity index (χ3n) is 4.21. The number of benzene rings is 3. The fourth-order valence-corrected chi connectivity index (χ4v) is 2.71. The minimum absolute atomic E-state index is 0.116. The van der Waals surface area contributed by atoms with Crippen molar-refractivity contribution >= 4 is 17.5 Å². The number of carbonyl (C=O) groups excluding carboxylic acids is 2. The van der Waals surface area contributed by atoms with Crippen LogP contribution in [0, 0.1) is 5.82 Å². The Labute approximate surface area is 168 Å². The lowest BCUT2D eigenvalue weighted by atomic mass is 10.2. The Bertz CT molecular complexity index is 958. The van der Waals surface area contributed by atoms with E-state index < -0.39 is 0 Å². The third-order valence-corrected chi connectivity index (χ3v) is 4.21. The molecular weight excluding hydrogens is 371 g/mol. The van der Waals surface area contributed by atoms with E-state index in [1.165, 1.54) is 24.0 Å². The smallest absolute Gasteiger partial charge is 0.240 e. The summed E-state index contributed by atoms with van der Waals surface area (Å²) >= 11 is 0. The predicted octanol–water partition coefficient (Wildman–Crippen LogP) is 4.29. The van der Waals surface area contributed by atoms with Gasteiger partial charge in [0.05, 0.1) is 0 Å². The molecule has 0 aliphatic rings. The molecule has 0 radical (unpaired) electrons. The maximum absolute atomic E-state index is 12.9. The van der Waals surface area contributed by atoms with Crippen LogP contribution in [0.25, 0.3) is 0 Å². The molecule has 3 aromatic rings. The SMILES string of the molecule is CC(=O)N(CC(=O)NCc1ccc(F)cc1)c1ccc(Oc2ccccc2)cc1. The summed E-state index contributed by atoms with van der Waals surface area (Å²) < 4.78 is 18.7. The third kappa shape index (κ3) is 5.90. The second kappa shape index (κ2) is 9.50. The van der Waals surface area contributed by atoms with Gasteiger partial charge in [0, 0.05) is 19.2 Å². The lowest BCUT2D eigenvalue weighted by Gasteiger charge is -2.21. The molecule has 0 bridgehead atoms. The van der Waals surface area contributed by atoms with Gasteiger partial charge in [0.25, 0.3) is 0 Å². The summed E-state index contributed by atoms with van der Waals surface area (Å²) in [6, 6.07) is 22.2. The first-order valence-electron chi connectivity index (χ1n) is 9.13. The van der Waals surface area contributed by atoms with Crippen LogP contribution in [0.15, 0.2) is 78.9 Å². The van der Waals surface area contributed by atoms with E-state index in [-0.39, 0.29) is 30.7 Å². The number of anilines is 1. The summed E-state index contributed by atoms with van der Waals surface area (Å²) in [5.74, 6) is 0.448. The van der Waals surface area contributed by atoms with E-state index in [9.17, 15) is 14.0 Å². The van der Waals surface area contributed by atoms with E-state index in [1.54, 1.807) is 36.4 Å². The van der Waals surface area contributed by atoms with Crippen molar-refractivity contribution < 1.29 is 18.7 Å². The molecule has 0 aromatic heterocycles. The van der Waals surface area contributed by atoms with Crippen LogP contribution in [0.3, 0.4) is 0 Å². The van der Waals surface area contributed by atoms with Crippen molar-refractivity contribution in [2.24, 2.45) is 0 Å². The molecule has 0 fully saturated rings. The van der Waals surface area contributed by atoms with E-state index in [2.05, 4.69) is 5.32 Å². The summed E-state index contributed by atoms with van der Waals surface area (Å²) in [6.45, 7) is 1.55. The summed E-state index contributed by atoms with van der Waals surface area (Å²) in [4.78, 5) is 25.7. The zero-order chi connectivity index (χ0) is 20.6. The van der Waals surface area contributed by atoms with Crippen LogP contribution in [-0.4, -0.2) is 18.4 Å². The maximum atomic E-state index is 12.9. The molecule has 0 aliphatic heterocycles. The van der Waals surface area contributed by atoms with Gasteiger partial charge in [-0.1, -0.05) is 30.3 Å². The first kappa shape index (κ1) is 20.1. The Morgan fingerprint density at radius 2 is 1.52 bits per heavy atom. The molecule has 1 N–H and O–H groups in total. The van der Waals surface area contributed by atoms with Crippen LogP contribution in [0.4, 0.5) is 10.1 Å². The van der Waals surface area contributed by atoms with Gasteiger partial charge in [-0.25, -0.2) is 4.39 Å². The Morgan fingerprint density at radius 3 is 2.14 bits per heavy atom. The van der Waals surface area contributed by atoms with E-state index >= 15 is 0 Å². The van der Waals surface area contributed by atoms with Gasteiger partial charge in [0.2, 0.25) is 11.8 Å². The van der Waals surface area contributed by atoms with Crippen molar-refractivity contribution in [3.8, 4) is 11.5 Å². The highest BCUT2D eigenvalue weighted by Crippen LogP contribution is 2.24. The van der Waals surface area contributed by atoms with Gasteiger partial charge in [0.15, 0.2) is 0 Å². The molecule has 5 nitrogen and oxygen atoms in total. The number of hydrogen-bond acceptors (Lipinski definition) is 3. The number of halogens is 1. The number of hydrogen-bond donors (Lipinski definition) is 1. The molecule has 3 aromatic carbocycles. The number of rotatable bonds is 7. The quantitative estimate of drug-likeness (QED) is 0.653. The Morgan fingerprint density at radius 1 is 0.897 bits per heavy atom. The molecule has 0 aliphatic carbocycles. The first-order valence-corrected chi connectivity index (χ1v) is 9.13. The second-order valence-corrected chi connectivity index (χ2v) is 6.42. The number of ether oxygens (including phenoxy) is 1. The molecule has 0 atom stereocenters. The Hall–Kier alpha value is -3.67. The van der Waals surface area contributed by atoms with Crippen molar-refractivity contribution in [2.75, 3.05) is 11.4 Å². The number of nitrogens with one attached hydrogen (secondary N) is 1. The van der Waals surface area contributed by atoms with E-state index in [4.69, 9.17) is 4.74 Å². The number of amides is 2. The zero-order valence-electron chi connectivity index (χ0n) is 16.0. The fourth-order valence-electron chi connectivity index (χ4n) is 2.71. The highest BCUT2D eigenvalue weighted by molar-refractivity contribution is 5.97. The van der Waals surface area contributed by atoms with Gasteiger partial charge in [-0.15, -0.1) is 0 Å². The van der Waals surface area contributed by atoms with Crippen molar-refractivity contribution in [1.29, 1.82) is 0 Å². The summed E-state index contributed by atoms with van der Waals surface area (Å²) in [5.41, 5.74) is 1.37. The highest BCUT2D eigenvalue weighted by atomic mass is 19.1. The topological polar surface area (TPSA) is 58.6 Å². The van der Waals surface area contributed by atoms with Gasteiger partial charge >= 0.3 is 0 Å². The van der Waals surface area contributed by atoms with Crippen molar-refractivity contribution in [2.45, 2.75) is 13.5 Å². The minimum atomic E-state index is -0.331. The van der Waals surface area contributed by atoms with Gasteiger partial charge in [-0.2, -0.15) is 0 Å². The molecular formula is C23H21FN2O3. The summed E-state index contributed by atoms with van der Waals surface area (Å²) in [6.07, 6.45) is 0. The minimum Gasteiger partial charge on any atom is -0.457 e. The fraction of sp³-hybridized carbons (Fsp3) is 0.130. The monoisotopic (exact) mass is 392 g/mol. The summed E-state index contributed by atoms with van der Waals surface area (Å²) in [5, 5.41) is 2.74. The maximum Gasteiger partial charge on any atom is 0.240 e. The molecule has 0 unspecified atom stereocenters. The van der Waals surface area contributed by atoms with Crippen LogP contribution in [0.2, 0.25) is 0 Å². The molecule has 29 heavy (non-hydrogen) atoms. The summed E-state index contributed by atoms with van der Waals surface area (Å²) in [7, 11) is 0. The Balaban J connectivity index is 1.60. The van der Waals surface area contributed by atoms with E-state index in [0.29, 0.717) is 17.2 Å². The van der Waals surface area contributed by atoms with Crippen LogP contribution >= 0.6 is 0 Å². The second-order valence-electron chi connectivity index (χ2n) is 6.42. The molecule has 3 rings (SSSR count). The van der Waals surface area contributed by atoms with Gasteiger partial charge in [0.1, 0.15) is 23.9 Å². The predicted molar refractivity (Wildman–Crippen MR) is 109 cm³/mol. The van der Waals surface area contributed by atoms with E-state index in [0.717, 1.165) is 5.56 Å². The van der Waals surface area contributed by atoms with Crippen molar-refractivity contribution in [3.63, 3.8) is 0 Å². The highest BCUT2D eigenvalue weighted by Gasteiger charge is 2.16. The molecule has 0 saturated carbocycles. The molecule has 0 spiro atoms. The van der Waals surface area contributed by atoms with Crippen molar-refractivity contribution in [1.82, 2.24) is 5.32 Å².